The van der Waals surface area contributed by atoms with Gasteiger partial charge in [0.15, 0.2) is 0 Å². The minimum absolute atomic E-state index is 0.0953. The van der Waals surface area contributed by atoms with E-state index < -0.39 is 11.9 Å². The summed E-state index contributed by atoms with van der Waals surface area (Å²) in [7, 11) is 0. The lowest BCUT2D eigenvalue weighted by atomic mass is 10.1. The Hall–Kier alpha value is -2.70. The standard InChI is InChI=1S/C14H16N4O3/c1-9-5-11(13(19)16-6-10(2)14(20)21)3-4-12(9)18-8-15-7-17-18/h3-5,7-8,10H,6H2,1-2H3,(H,16,19)(H,20,21). The molecule has 1 heterocycles. The topological polar surface area (TPSA) is 97.1 Å². The van der Waals surface area contributed by atoms with Crippen LogP contribution < -0.4 is 5.32 Å². The minimum atomic E-state index is -0.937. The highest BCUT2D eigenvalue weighted by Gasteiger charge is 2.14. The van der Waals surface area contributed by atoms with Crippen molar-refractivity contribution in [3.8, 4) is 5.69 Å². The quantitative estimate of drug-likeness (QED) is 0.856. The number of aromatic nitrogens is 3. The van der Waals surface area contributed by atoms with Crippen LogP contribution in [0.4, 0.5) is 0 Å². The Morgan fingerprint density at radius 2 is 2.19 bits per heavy atom. The van der Waals surface area contributed by atoms with Crippen LogP contribution in [-0.2, 0) is 4.79 Å². The number of rotatable bonds is 5. The average molecular weight is 288 g/mol. The molecule has 0 saturated heterocycles. The molecule has 0 aliphatic rings. The highest BCUT2D eigenvalue weighted by atomic mass is 16.4. The fourth-order valence-corrected chi connectivity index (χ4v) is 1.82. The first kappa shape index (κ1) is 14.7. The van der Waals surface area contributed by atoms with E-state index in [1.807, 2.05) is 6.92 Å². The van der Waals surface area contributed by atoms with Gasteiger partial charge in [0, 0.05) is 12.1 Å². The van der Waals surface area contributed by atoms with Gasteiger partial charge >= 0.3 is 5.97 Å². The van der Waals surface area contributed by atoms with Gasteiger partial charge < -0.3 is 10.4 Å². The number of nitrogens with one attached hydrogen (secondary N) is 1. The Labute approximate surface area is 121 Å². The van der Waals surface area contributed by atoms with E-state index in [2.05, 4.69) is 15.4 Å². The van der Waals surface area contributed by atoms with Gasteiger partial charge in [0.05, 0.1) is 11.6 Å². The average Bonchev–Trinajstić information content (AvgIpc) is 2.97. The zero-order chi connectivity index (χ0) is 15.4. The number of nitrogens with zero attached hydrogens (tertiary/aromatic N) is 3. The van der Waals surface area contributed by atoms with Crippen molar-refractivity contribution in [2.24, 2.45) is 5.92 Å². The Morgan fingerprint density at radius 3 is 2.76 bits per heavy atom. The molecule has 0 aliphatic heterocycles. The first-order chi connectivity index (χ1) is 9.99. The SMILES string of the molecule is Cc1cc(C(=O)NCC(C)C(=O)O)ccc1-n1cncn1. The number of hydrogen-bond acceptors (Lipinski definition) is 4. The van der Waals surface area contributed by atoms with Crippen molar-refractivity contribution in [1.29, 1.82) is 0 Å². The number of carboxylic acid groups (broad SMARTS) is 1. The highest BCUT2D eigenvalue weighted by molar-refractivity contribution is 5.94. The highest BCUT2D eigenvalue weighted by Crippen LogP contribution is 2.14. The predicted molar refractivity (Wildman–Crippen MR) is 75.2 cm³/mol. The van der Waals surface area contributed by atoms with Crippen LogP contribution in [0, 0.1) is 12.8 Å². The summed E-state index contributed by atoms with van der Waals surface area (Å²) >= 11 is 0. The van der Waals surface area contributed by atoms with Crippen molar-refractivity contribution in [3.63, 3.8) is 0 Å². The molecule has 2 rings (SSSR count). The summed E-state index contributed by atoms with van der Waals surface area (Å²) in [6.45, 7) is 3.51. The molecule has 7 heteroatoms. The molecule has 1 unspecified atom stereocenters. The fraction of sp³-hybridized carbons (Fsp3) is 0.286. The van der Waals surface area contributed by atoms with Crippen molar-refractivity contribution < 1.29 is 14.7 Å². The number of aliphatic carboxylic acids is 1. The second-order valence-corrected chi connectivity index (χ2v) is 4.79. The van der Waals surface area contributed by atoms with E-state index in [0.717, 1.165) is 11.3 Å². The molecule has 0 radical (unpaired) electrons. The summed E-state index contributed by atoms with van der Waals surface area (Å²) in [6.07, 6.45) is 3.02. The number of benzene rings is 1. The van der Waals surface area contributed by atoms with Crippen LogP contribution in [-0.4, -0.2) is 38.3 Å². The summed E-state index contributed by atoms with van der Waals surface area (Å²) in [5.41, 5.74) is 2.19. The van der Waals surface area contributed by atoms with Crippen molar-refractivity contribution in [2.75, 3.05) is 6.54 Å². The van der Waals surface area contributed by atoms with Crippen LogP contribution in [0.2, 0.25) is 0 Å². The zero-order valence-electron chi connectivity index (χ0n) is 11.8. The predicted octanol–water partition coefficient (Wildman–Crippen LogP) is 1.03. The lowest BCUT2D eigenvalue weighted by Crippen LogP contribution is -2.31. The molecule has 110 valence electrons. The van der Waals surface area contributed by atoms with Crippen LogP contribution in [0.3, 0.4) is 0 Å². The van der Waals surface area contributed by atoms with Gasteiger partial charge in [0.2, 0.25) is 0 Å². The molecule has 0 bridgehead atoms. The van der Waals surface area contributed by atoms with Gasteiger partial charge in [0.25, 0.3) is 5.91 Å². The van der Waals surface area contributed by atoms with E-state index in [1.165, 1.54) is 6.33 Å². The summed E-state index contributed by atoms with van der Waals surface area (Å²) < 4.78 is 1.61. The molecule has 0 aliphatic carbocycles. The number of carbonyl (C=O) groups excluding carboxylic acids is 1. The van der Waals surface area contributed by atoms with Gasteiger partial charge in [-0.2, -0.15) is 5.10 Å². The molecule has 1 atom stereocenters. The zero-order valence-corrected chi connectivity index (χ0v) is 11.8. The molecular weight excluding hydrogens is 272 g/mol. The first-order valence-corrected chi connectivity index (χ1v) is 6.45. The van der Waals surface area contributed by atoms with E-state index in [-0.39, 0.29) is 12.5 Å². The maximum Gasteiger partial charge on any atom is 0.308 e. The van der Waals surface area contributed by atoms with Crippen LogP contribution in [0.5, 0.6) is 0 Å². The number of aryl methyl sites for hydroxylation is 1. The molecule has 2 aromatic rings. The summed E-state index contributed by atoms with van der Waals surface area (Å²) in [6, 6.07) is 5.18. The molecule has 1 aromatic heterocycles. The van der Waals surface area contributed by atoms with Gasteiger partial charge in [-0.25, -0.2) is 9.67 Å². The second kappa shape index (κ2) is 6.17. The molecular formula is C14H16N4O3. The monoisotopic (exact) mass is 288 g/mol. The summed E-state index contributed by atoms with van der Waals surface area (Å²) in [4.78, 5) is 26.6. The molecule has 0 spiro atoms. The smallest absolute Gasteiger partial charge is 0.308 e. The van der Waals surface area contributed by atoms with Gasteiger partial charge in [-0.3, -0.25) is 9.59 Å². The van der Waals surface area contributed by atoms with Crippen molar-refractivity contribution in [2.45, 2.75) is 13.8 Å². The van der Waals surface area contributed by atoms with Gasteiger partial charge in [-0.05, 0) is 30.7 Å². The lowest BCUT2D eigenvalue weighted by molar-refractivity contribution is -0.140. The maximum absolute atomic E-state index is 12.0. The first-order valence-electron chi connectivity index (χ1n) is 6.45. The third-order valence-corrected chi connectivity index (χ3v) is 3.11. The molecule has 21 heavy (non-hydrogen) atoms. The lowest BCUT2D eigenvalue weighted by Gasteiger charge is -2.10. The number of hydrogen-bond donors (Lipinski definition) is 2. The van der Waals surface area contributed by atoms with E-state index in [1.54, 1.807) is 36.1 Å². The fourth-order valence-electron chi connectivity index (χ4n) is 1.82. The van der Waals surface area contributed by atoms with Gasteiger partial charge in [-0.15, -0.1) is 0 Å². The van der Waals surface area contributed by atoms with Crippen LogP contribution in [0.25, 0.3) is 5.69 Å². The van der Waals surface area contributed by atoms with E-state index in [9.17, 15) is 9.59 Å². The summed E-state index contributed by atoms with van der Waals surface area (Å²) in [5.74, 6) is -1.85. The number of amides is 1. The Kier molecular flexibility index (Phi) is 4.32. The Bertz CT molecular complexity index is 652. The molecule has 0 saturated carbocycles. The van der Waals surface area contributed by atoms with Crippen molar-refractivity contribution >= 4 is 11.9 Å². The third kappa shape index (κ3) is 3.44. The van der Waals surface area contributed by atoms with Crippen LogP contribution in [0.1, 0.15) is 22.8 Å². The summed E-state index contributed by atoms with van der Waals surface area (Å²) in [5, 5.41) is 15.4. The third-order valence-electron chi connectivity index (χ3n) is 3.11. The largest absolute Gasteiger partial charge is 0.481 e. The molecule has 7 nitrogen and oxygen atoms in total. The molecule has 1 amide bonds. The van der Waals surface area contributed by atoms with E-state index in [4.69, 9.17) is 5.11 Å². The second-order valence-electron chi connectivity index (χ2n) is 4.79. The maximum atomic E-state index is 12.0. The van der Waals surface area contributed by atoms with Crippen LogP contribution >= 0.6 is 0 Å². The van der Waals surface area contributed by atoms with Crippen molar-refractivity contribution in [3.05, 3.63) is 42.0 Å². The minimum Gasteiger partial charge on any atom is -0.481 e. The Morgan fingerprint density at radius 1 is 1.43 bits per heavy atom. The van der Waals surface area contributed by atoms with E-state index in [0.29, 0.717) is 5.56 Å². The normalized spacial score (nSPS) is 11.9. The molecule has 1 aromatic carbocycles. The Balaban J connectivity index is 2.09. The molecule has 0 fully saturated rings. The van der Waals surface area contributed by atoms with Gasteiger partial charge in [0.1, 0.15) is 12.7 Å². The van der Waals surface area contributed by atoms with Crippen molar-refractivity contribution in [1.82, 2.24) is 20.1 Å². The number of carboxylic acids is 1. The number of carbonyl (C=O) groups is 2. The molecule has 2 N–H and O–H groups in total. The van der Waals surface area contributed by atoms with Gasteiger partial charge in [-0.1, -0.05) is 6.92 Å². The van der Waals surface area contributed by atoms with Crippen LogP contribution in [0.15, 0.2) is 30.9 Å². The van der Waals surface area contributed by atoms with E-state index >= 15 is 0 Å².